The van der Waals surface area contributed by atoms with E-state index in [2.05, 4.69) is 10.2 Å². The molecule has 2 aliphatic rings. The van der Waals surface area contributed by atoms with Crippen molar-refractivity contribution < 1.29 is 8.42 Å². The maximum absolute atomic E-state index is 11.5. The molecule has 2 rings (SSSR count). The number of nitrogens with one attached hydrogen (secondary N) is 1. The summed E-state index contributed by atoms with van der Waals surface area (Å²) < 4.78 is 23.0. The topological polar surface area (TPSA) is 49.4 Å². The highest BCUT2D eigenvalue weighted by atomic mass is 32.2. The zero-order valence-corrected chi connectivity index (χ0v) is 11.3. The van der Waals surface area contributed by atoms with Crippen LogP contribution in [0.1, 0.15) is 25.7 Å². The Bertz CT molecular complexity index is 323. The maximum atomic E-state index is 11.5. The summed E-state index contributed by atoms with van der Waals surface area (Å²) in [5.74, 6) is 1.59. The number of rotatable bonds is 3. The number of piperidine rings is 1. The van der Waals surface area contributed by atoms with E-state index >= 15 is 0 Å². The standard InChI is InChI=1S/C12H24N2O2S/c15-17(16)10-1-7-14(9-11-17)8-4-12-2-5-13-6-3-12/h12-13H,1-11H2. The summed E-state index contributed by atoms with van der Waals surface area (Å²) in [5, 5.41) is 3.38. The van der Waals surface area contributed by atoms with Crippen LogP contribution >= 0.6 is 0 Å². The first-order chi connectivity index (χ1) is 8.16. The van der Waals surface area contributed by atoms with Crippen LogP contribution in [0.3, 0.4) is 0 Å². The first kappa shape index (κ1) is 13.3. The molecule has 0 unspecified atom stereocenters. The molecule has 0 saturated carbocycles. The van der Waals surface area contributed by atoms with E-state index in [0.29, 0.717) is 11.5 Å². The Kier molecular flexibility index (Phi) is 4.82. The monoisotopic (exact) mass is 260 g/mol. The third kappa shape index (κ3) is 4.56. The van der Waals surface area contributed by atoms with Gasteiger partial charge in [-0.25, -0.2) is 8.42 Å². The SMILES string of the molecule is O=S1(=O)CCCN(CCC2CCNCC2)CC1. The van der Waals surface area contributed by atoms with E-state index in [4.69, 9.17) is 0 Å². The molecule has 2 fully saturated rings. The molecule has 17 heavy (non-hydrogen) atoms. The summed E-state index contributed by atoms with van der Waals surface area (Å²) in [5.41, 5.74) is 0. The highest BCUT2D eigenvalue weighted by molar-refractivity contribution is 7.91. The van der Waals surface area contributed by atoms with Gasteiger partial charge in [-0.1, -0.05) is 0 Å². The van der Waals surface area contributed by atoms with Gasteiger partial charge < -0.3 is 10.2 Å². The molecule has 0 radical (unpaired) electrons. The molecule has 0 spiro atoms. The van der Waals surface area contributed by atoms with Gasteiger partial charge in [-0.15, -0.1) is 0 Å². The molecule has 0 aromatic heterocycles. The summed E-state index contributed by atoms with van der Waals surface area (Å²) in [7, 11) is -2.75. The van der Waals surface area contributed by atoms with Gasteiger partial charge in [0, 0.05) is 6.54 Å². The van der Waals surface area contributed by atoms with Gasteiger partial charge in [0.05, 0.1) is 11.5 Å². The smallest absolute Gasteiger partial charge is 0.151 e. The largest absolute Gasteiger partial charge is 0.317 e. The van der Waals surface area contributed by atoms with Crippen molar-refractivity contribution in [3.05, 3.63) is 0 Å². The predicted molar refractivity (Wildman–Crippen MR) is 69.9 cm³/mol. The van der Waals surface area contributed by atoms with Gasteiger partial charge in [0.25, 0.3) is 0 Å². The van der Waals surface area contributed by atoms with Gasteiger partial charge >= 0.3 is 0 Å². The van der Waals surface area contributed by atoms with E-state index in [1.54, 1.807) is 0 Å². The van der Waals surface area contributed by atoms with Crippen LogP contribution < -0.4 is 5.32 Å². The molecular weight excluding hydrogens is 236 g/mol. The lowest BCUT2D eigenvalue weighted by Gasteiger charge is -2.26. The fourth-order valence-electron chi connectivity index (χ4n) is 2.75. The Morgan fingerprint density at radius 1 is 1.12 bits per heavy atom. The minimum atomic E-state index is -2.75. The van der Waals surface area contributed by atoms with Crippen LogP contribution in [0.25, 0.3) is 0 Å². The molecule has 0 aromatic carbocycles. The molecule has 1 N–H and O–H groups in total. The van der Waals surface area contributed by atoms with Gasteiger partial charge in [0.1, 0.15) is 0 Å². The fraction of sp³-hybridized carbons (Fsp3) is 1.00. The Morgan fingerprint density at radius 2 is 1.88 bits per heavy atom. The first-order valence-electron chi connectivity index (χ1n) is 6.79. The van der Waals surface area contributed by atoms with Gasteiger partial charge in [0.2, 0.25) is 0 Å². The third-order valence-corrected chi connectivity index (χ3v) is 5.68. The normalized spacial score (nSPS) is 27.8. The van der Waals surface area contributed by atoms with Crippen molar-refractivity contribution in [2.75, 3.05) is 44.2 Å². The summed E-state index contributed by atoms with van der Waals surface area (Å²) in [6.45, 7) is 5.09. The predicted octanol–water partition coefficient (Wildman–Crippen LogP) is 0.497. The fourth-order valence-corrected chi connectivity index (χ4v) is 4.06. The molecule has 0 amide bonds. The average Bonchev–Trinajstić information content (AvgIpc) is 2.49. The van der Waals surface area contributed by atoms with Crippen LogP contribution in [0.4, 0.5) is 0 Å². The van der Waals surface area contributed by atoms with Crippen LogP contribution in [-0.2, 0) is 9.84 Å². The lowest BCUT2D eigenvalue weighted by Crippen LogP contribution is -2.32. The molecule has 0 aromatic rings. The molecule has 100 valence electrons. The van der Waals surface area contributed by atoms with Crippen LogP contribution in [0.15, 0.2) is 0 Å². The van der Waals surface area contributed by atoms with Crippen molar-refractivity contribution in [3.8, 4) is 0 Å². The summed E-state index contributed by atoms with van der Waals surface area (Å²) in [4.78, 5) is 2.34. The second-order valence-corrected chi connectivity index (χ2v) is 7.63. The number of sulfone groups is 1. The second kappa shape index (κ2) is 6.16. The zero-order chi connectivity index (χ0) is 12.1. The van der Waals surface area contributed by atoms with Crippen LogP contribution in [0, 0.1) is 5.92 Å². The quantitative estimate of drug-likeness (QED) is 0.803. The molecule has 2 heterocycles. The van der Waals surface area contributed by atoms with Gasteiger partial charge in [-0.2, -0.15) is 0 Å². The van der Waals surface area contributed by atoms with E-state index in [1.807, 2.05) is 0 Å². The Balaban J connectivity index is 1.71. The molecule has 2 saturated heterocycles. The lowest BCUT2D eigenvalue weighted by molar-refractivity contribution is 0.248. The van der Waals surface area contributed by atoms with Gasteiger partial charge in [0.15, 0.2) is 9.84 Å². The van der Waals surface area contributed by atoms with Crippen molar-refractivity contribution in [2.45, 2.75) is 25.7 Å². The van der Waals surface area contributed by atoms with Crippen molar-refractivity contribution in [3.63, 3.8) is 0 Å². The molecule has 0 atom stereocenters. The maximum Gasteiger partial charge on any atom is 0.151 e. The highest BCUT2D eigenvalue weighted by Gasteiger charge is 2.20. The van der Waals surface area contributed by atoms with E-state index < -0.39 is 9.84 Å². The summed E-state index contributed by atoms with van der Waals surface area (Å²) >= 11 is 0. The molecular formula is C12H24N2O2S. The zero-order valence-electron chi connectivity index (χ0n) is 10.5. The molecule has 0 aliphatic carbocycles. The molecule has 0 bridgehead atoms. The van der Waals surface area contributed by atoms with Crippen molar-refractivity contribution in [1.29, 1.82) is 0 Å². The van der Waals surface area contributed by atoms with Gasteiger partial charge in [-0.3, -0.25) is 0 Å². The molecule has 5 heteroatoms. The summed E-state index contributed by atoms with van der Waals surface area (Å²) in [6.07, 6.45) is 4.62. The van der Waals surface area contributed by atoms with E-state index in [-0.39, 0.29) is 0 Å². The van der Waals surface area contributed by atoms with Gasteiger partial charge in [-0.05, 0) is 57.8 Å². The second-order valence-electron chi connectivity index (χ2n) is 5.33. The van der Waals surface area contributed by atoms with Crippen molar-refractivity contribution in [2.24, 2.45) is 5.92 Å². The Hall–Kier alpha value is -0.130. The molecule has 2 aliphatic heterocycles. The minimum Gasteiger partial charge on any atom is -0.317 e. The summed E-state index contributed by atoms with van der Waals surface area (Å²) in [6, 6.07) is 0. The third-order valence-electron chi connectivity index (χ3n) is 3.96. The van der Waals surface area contributed by atoms with E-state index in [1.165, 1.54) is 19.3 Å². The number of nitrogens with zero attached hydrogens (tertiary/aromatic N) is 1. The van der Waals surface area contributed by atoms with Crippen LogP contribution in [-0.4, -0.2) is 57.5 Å². The first-order valence-corrected chi connectivity index (χ1v) is 8.61. The van der Waals surface area contributed by atoms with Crippen molar-refractivity contribution in [1.82, 2.24) is 10.2 Å². The van der Waals surface area contributed by atoms with E-state index in [0.717, 1.165) is 45.1 Å². The number of hydrogen-bond donors (Lipinski definition) is 1. The van der Waals surface area contributed by atoms with Crippen LogP contribution in [0.2, 0.25) is 0 Å². The van der Waals surface area contributed by atoms with Crippen LogP contribution in [0.5, 0.6) is 0 Å². The molecule has 4 nitrogen and oxygen atoms in total. The Morgan fingerprint density at radius 3 is 2.65 bits per heavy atom. The van der Waals surface area contributed by atoms with E-state index in [9.17, 15) is 8.42 Å². The Labute approximate surface area is 105 Å². The van der Waals surface area contributed by atoms with Crippen molar-refractivity contribution >= 4 is 9.84 Å². The average molecular weight is 260 g/mol. The minimum absolute atomic E-state index is 0.360. The lowest BCUT2D eigenvalue weighted by atomic mass is 9.94. The number of hydrogen-bond acceptors (Lipinski definition) is 4. The highest BCUT2D eigenvalue weighted by Crippen LogP contribution is 2.17.